The summed E-state index contributed by atoms with van der Waals surface area (Å²) in [6.45, 7) is 3.48. The van der Waals surface area contributed by atoms with Crippen molar-refractivity contribution < 1.29 is 9.53 Å². The Morgan fingerprint density at radius 2 is 2.14 bits per heavy atom. The molecule has 0 bridgehead atoms. The molecule has 22 heavy (non-hydrogen) atoms. The molecule has 2 aromatic rings. The molecule has 7 heteroatoms. The summed E-state index contributed by atoms with van der Waals surface area (Å²) in [5.74, 6) is 0.771. The summed E-state index contributed by atoms with van der Waals surface area (Å²) in [5.41, 5.74) is 1.54. The van der Waals surface area contributed by atoms with E-state index in [1.165, 1.54) is 0 Å². The number of carbonyl (C=O) groups excluding carboxylic acids is 1. The molecule has 0 radical (unpaired) electrons. The van der Waals surface area contributed by atoms with E-state index in [0.717, 1.165) is 24.5 Å². The maximum Gasteiger partial charge on any atom is 0.269 e. The third-order valence-electron chi connectivity index (χ3n) is 3.67. The molecule has 1 amide bonds. The summed E-state index contributed by atoms with van der Waals surface area (Å²) < 4.78 is 6.93. The molecule has 1 fully saturated rings. The summed E-state index contributed by atoms with van der Waals surface area (Å²) in [6, 6.07) is 5.57. The van der Waals surface area contributed by atoms with E-state index in [4.69, 9.17) is 4.74 Å². The molecule has 1 saturated heterocycles. The Labute approximate surface area is 128 Å². The van der Waals surface area contributed by atoms with Crippen molar-refractivity contribution in [2.75, 3.05) is 31.2 Å². The van der Waals surface area contributed by atoms with Crippen LogP contribution in [0.3, 0.4) is 0 Å². The number of hydrogen-bond acceptors (Lipinski definition) is 5. The molecular formula is C15H19N5O2. The first kappa shape index (κ1) is 14.5. The highest BCUT2D eigenvalue weighted by molar-refractivity contribution is 5.92. The number of hydrogen-bond donors (Lipinski definition) is 1. The summed E-state index contributed by atoms with van der Waals surface area (Å²) in [4.78, 5) is 18.8. The van der Waals surface area contributed by atoms with Crippen molar-refractivity contribution in [2.45, 2.75) is 6.54 Å². The lowest BCUT2D eigenvalue weighted by molar-refractivity contribution is 0.0941. The van der Waals surface area contributed by atoms with Crippen molar-refractivity contribution >= 4 is 11.7 Å². The minimum Gasteiger partial charge on any atom is -0.378 e. The summed E-state index contributed by atoms with van der Waals surface area (Å²) in [5, 5.41) is 6.93. The second-order valence-corrected chi connectivity index (χ2v) is 5.11. The van der Waals surface area contributed by atoms with E-state index in [9.17, 15) is 4.79 Å². The number of nitrogens with zero attached hydrogens (tertiary/aromatic N) is 4. The van der Waals surface area contributed by atoms with Gasteiger partial charge in [0.05, 0.1) is 13.2 Å². The van der Waals surface area contributed by atoms with Crippen LogP contribution in [0.15, 0.2) is 30.6 Å². The third-order valence-corrected chi connectivity index (χ3v) is 3.67. The minimum absolute atomic E-state index is 0.142. The van der Waals surface area contributed by atoms with E-state index >= 15 is 0 Å². The van der Waals surface area contributed by atoms with Gasteiger partial charge in [-0.25, -0.2) is 4.98 Å². The molecule has 116 valence electrons. The average Bonchev–Trinajstić information content (AvgIpc) is 3.00. The van der Waals surface area contributed by atoms with Gasteiger partial charge in [0.25, 0.3) is 5.91 Å². The molecule has 0 aliphatic carbocycles. The predicted molar refractivity (Wildman–Crippen MR) is 81.6 cm³/mol. The fraction of sp³-hybridized carbons (Fsp3) is 0.400. The molecule has 7 nitrogen and oxygen atoms in total. The van der Waals surface area contributed by atoms with E-state index in [-0.39, 0.29) is 5.91 Å². The standard InChI is InChI=1S/C15H19N5O2/c1-19-13(4-6-18-19)15(21)17-11-12-3-2-5-16-14(12)20-7-9-22-10-8-20/h2-6H,7-11H2,1H3,(H,17,21). The zero-order chi connectivity index (χ0) is 15.4. The number of morpholine rings is 1. The first-order valence-electron chi connectivity index (χ1n) is 7.28. The number of nitrogens with one attached hydrogen (secondary N) is 1. The number of rotatable bonds is 4. The number of pyridine rings is 1. The second kappa shape index (κ2) is 6.57. The number of amides is 1. The van der Waals surface area contributed by atoms with Gasteiger partial charge in [0.2, 0.25) is 0 Å². The Balaban J connectivity index is 1.70. The maximum absolute atomic E-state index is 12.2. The normalized spacial score (nSPS) is 14.9. The van der Waals surface area contributed by atoms with Crippen molar-refractivity contribution in [3.63, 3.8) is 0 Å². The van der Waals surface area contributed by atoms with Crippen LogP contribution in [0.1, 0.15) is 16.1 Å². The fourth-order valence-electron chi connectivity index (χ4n) is 2.49. The van der Waals surface area contributed by atoms with Gasteiger partial charge in [0, 0.05) is 44.6 Å². The number of aryl methyl sites for hydroxylation is 1. The predicted octanol–water partition coefficient (Wildman–Crippen LogP) is 0.582. The lowest BCUT2D eigenvalue weighted by Gasteiger charge is -2.29. The first-order valence-corrected chi connectivity index (χ1v) is 7.28. The third kappa shape index (κ3) is 3.09. The van der Waals surface area contributed by atoms with Gasteiger partial charge < -0.3 is 15.0 Å². The number of ether oxygens (including phenoxy) is 1. The minimum atomic E-state index is -0.142. The molecule has 3 heterocycles. The molecule has 0 saturated carbocycles. The quantitative estimate of drug-likeness (QED) is 0.894. The number of anilines is 1. The second-order valence-electron chi connectivity index (χ2n) is 5.11. The van der Waals surface area contributed by atoms with Crippen LogP contribution >= 0.6 is 0 Å². The molecule has 1 N–H and O–H groups in total. The molecule has 3 rings (SSSR count). The van der Waals surface area contributed by atoms with Crippen molar-refractivity contribution in [1.29, 1.82) is 0 Å². The Bertz CT molecular complexity index is 649. The molecule has 0 aromatic carbocycles. The molecule has 1 aliphatic rings. The Hall–Kier alpha value is -2.41. The maximum atomic E-state index is 12.2. The van der Waals surface area contributed by atoms with Gasteiger partial charge in [-0.05, 0) is 12.1 Å². The topological polar surface area (TPSA) is 72.3 Å². The Morgan fingerprint density at radius 3 is 2.86 bits per heavy atom. The molecule has 1 aliphatic heterocycles. The van der Waals surface area contributed by atoms with Crippen LogP contribution < -0.4 is 10.2 Å². The van der Waals surface area contributed by atoms with Crippen LogP contribution in [-0.4, -0.2) is 47.0 Å². The molecule has 0 atom stereocenters. The summed E-state index contributed by atoms with van der Waals surface area (Å²) in [6.07, 6.45) is 3.38. The largest absolute Gasteiger partial charge is 0.378 e. The van der Waals surface area contributed by atoms with Crippen molar-refractivity contribution in [1.82, 2.24) is 20.1 Å². The van der Waals surface area contributed by atoms with Crippen LogP contribution in [0.25, 0.3) is 0 Å². The molecule has 0 spiro atoms. The van der Waals surface area contributed by atoms with E-state index in [2.05, 4.69) is 20.3 Å². The van der Waals surface area contributed by atoms with Gasteiger partial charge in [-0.3, -0.25) is 9.48 Å². The highest BCUT2D eigenvalue weighted by Gasteiger charge is 2.16. The zero-order valence-corrected chi connectivity index (χ0v) is 12.5. The van der Waals surface area contributed by atoms with E-state index in [0.29, 0.717) is 25.5 Å². The van der Waals surface area contributed by atoms with Gasteiger partial charge in [-0.2, -0.15) is 5.10 Å². The highest BCUT2D eigenvalue weighted by Crippen LogP contribution is 2.18. The Kier molecular flexibility index (Phi) is 4.34. The summed E-state index contributed by atoms with van der Waals surface area (Å²) in [7, 11) is 1.75. The highest BCUT2D eigenvalue weighted by atomic mass is 16.5. The SMILES string of the molecule is Cn1nccc1C(=O)NCc1cccnc1N1CCOCC1. The van der Waals surface area contributed by atoms with Crippen LogP contribution in [0.2, 0.25) is 0 Å². The van der Waals surface area contributed by atoms with Gasteiger partial charge in [0.1, 0.15) is 11.5 Å². The molecular weight excluding hydrogens is 282 g/mol. The fourth-order valence-corrected chi connectivity index (χ4v) is 2.49. The van der Waals surface area contributed by atoms with Crippen LogP contribution in [0.5, 0.6) is 0 Å². The van der Waals surface area contributed by atoms with Gasteiger partial charge in [-0.1, -0.05) is 6.07 Å². The lowest BCUT2D eigenvalue weighted by Crippen LogP contribution is -2.38. The van der Waals surface area contributed by atoms with Crippen LogP contribution in [0, 0.1) is 0 Å². The smallest absolute Gasteiger partial charge is 0.269 e. The monoisotopic (exact) mass is 301 g/mol. The molecule has 0 unspecified atom stereocenters. The van der Waals surface area contributed by atoms with Crippen LogP contribution in [0.4, 0.5) is 5.82 Å². The van der Waals surface area contributed by atoms with Crippen molar-refractivity contribution in [3.05, 3.63) is 41.9 Å². The number of carbonyl (C=O) groups is 1. The first-order chi connectivity index (χ1) is 10.8. The molecule has 2 aromatic heterocycles. The van der Waals surface area contributed by atoms with Gasteiger partial charge in [-0.15, -0.1) is 0 Å². The van der Waals surface area contributed by atoms with E-state index in [1.807, 2.05) is 12.1 Å². The zero-order valence-electron chi connectivity index (χ0n) is 12.5. The van der Waals surface area contributed by atoms with Gasteiger partial charge >= 0.3 is 0 Å². The van der Waals surface area contributed by atoms with Crippen molar-refractivity contribution in [2.24, 2.45) is 7.05 Å². The average molecular weight is 301 g/mol. The summed E-state index contributed by atoms with van der Waals surface area (Å²) >= 11 is 0. The van der Waals surface area contributed by atoms with Crippen molar-refractivity contribution in [3.8, 4) is 0 Å². The Morgan fingerprint density at radius 1 is 1.32 bits per heavy atom. The number of aromatic nitrogens is 3. The van der Waals surface area contributed by atoms with E-state index in [1.54, 1.807) is 30.2 Å². The van der Waals surface area contributed by atoms with Crippen LogP contribution in [-0.2, 0) is 18.3 Å². The van der Waals surface area contributed by atoms with Gasteiger partial charge in [0.15, 0.2) is 0 Å². The van der Waals surface area contributed by atoms with E-state index < -0.39 is 0 Å². The lowest BCUT2D eigenvalue weighted by atomic mass is 10.2.